The molecule has 12 heteroatoms. The zero-order chi connectivity index (χ0) is 31.4. The highest BCUT2D eigenvalue weighted by Crippen LogP contribution is 2.32. The van der Waals surface area contributed by atoms with E-state index in [1.54, 1.807) is 30.3 Å². The maximum absolute atomic E-state index is 13.1. The quantitative estimate of drug-likeness (QED) is 0.165. The highest BCUT2D eigenvalue weighted by molar-refractivity contribution is 6.00. The van der Waals surface area contributed by atoms with Gasteiger partial charge in [0, 0.05) is 6.42 Å². The van der Waals surface area contributed by atoms with Crippen LogP contribution in [0.3, 0.4) is 0 Å². The van der Waals surface area contributed by atoms with Gasteiger partial charge in [0.15, 0.2) is 0 Å². The van der Waals surface area contributed by atoms with Crippen LogP contribution in [0.5, 0.6) is 11.5 Å². The Morgan fingerprint density at radius 3 is 1.95 bits per heavy atom. The number of amides is 1. The number of carbonyl (C=O) groups excluding carboxylic acids is 2. The number of phenolic OH excluding ortho intramolecular Hbond substituents is 1. The molecule has 4 aromatic carbocycles. The Morgan fingerprint density at radius 1 is 0.791 bits per heavy atom. The second-order valence-electron chi connectivity index (χ2n) is 9.33. The van der Waals surface area contributed by atoms with Crippen LogP contribution >= 0.6 is 0 Å². The first kappa shape index (κ1) is 30.9. The van der Waals surface area contributed by atoms with Gasteiger partial charge in [-0.05, 0) is 64.2 Å². The Hall–Kier alpha value is -5.00. The minimum atomic E-state index is -4.84. The van der Waals surface area contributed by atoms with Crippen molar-refractivity contribution in [1.29, 1.82) is 0 Å². The molecule has 0 aliphatic carbocycles. The summed E-state index contributed by atoms with van der Waals surface area (Å²) >= 11 is 0. The van der Waals surface area contributed by atoms with Crippen molar-refractivity contribution in [2.24, 2.45) is 0 Å². The number of nitrogens with one attached hydrogen (secondary N) is 1. The number of alkyl halides is 6. The summed E-state index contributed by atoms with van der Waals surface area (Å²) in [5.74, 6) is -2.42. The van der Waals surface area contributed by atoms with Crippen LogP contribution in [0.4, 0.5) is 26.3 Å². The largest absolute Gasteiger partial charge is 0.573 e. The summed E-state index contributed by atoms with van der Waals surface area (Å²) in [6, 6.07) is 18.9. The standard InChI is InChI=1S/C31H23F6NO5/c1-42-29(41)26(15-18-5-7-19(8-6-18)21-3-2-4-24(16-21)43-31(35,36)37)38-28(40)25-17-22(11-14-27(25)39)20-9-12-23(13-10-20)30(32,33)34/h2-14,16-17,26,39H,15H2,1H3,(H,38,40)/t26-/m0/s1. The second-order valence-corrected chi connectivity index (χ2v) is 9.33. The van der Waals surface area contributed by atoms with E-state index in [1.165, 1.54) is 48.5 Å². The minimum Gasteiger partial charge on any atom is -0.507 e. The average Bonchev–Trinajstić information content (AvgIpc) is 2.96. The predicted octanol–water partition coefficient (Wildman–Crippen LogP) is 7.16. The number of methoxy groups -OCH3 is 1. The van der Waals surface area contributed by atoms with Crippen LogP contribution in [-0.4, -0.2) is 36.5 Å². The number of phenols is 1. The van der Waals surface area contributed by atoms with Crippen LogP contribution in [0, 0.1) is 0 Å². The Balaban J connectivity index is 1.51. The monoisotopic (exact) mass is 603 g/mol. The maximum atomic E-state index is 13.1. The van der Waals surface area contributed by atoms with Crippen molar-refractivity contribution in [3.8, 4) is 33.8 Å². The lowest BCUT2D eigenvalue weighted by atomic mass is 9.99. The molecule has 6 nitrogen and oxygen atoms in total. The summed E-state index contributed by atoms with van der Waals surface area (Å²) in [4.78, 5) is 25.6. The Labute approximate surface area is 241 Å². The van der Waals surface area contributed by atoms with Crippen LogP contribution in [0.1, 0.15) is 21.5 Å². The van der Waals surface area contributed by atoms with E-state index >= 15 is 0 Å². The fourth-order valence-electron chi connectivity index (χ4n) is 4.26. The van der Waals surface area contributed by atoms with E-state index in [0.717, 1.165) is 19.2 Å². The van der Waals surface area contributed by atoms with Gasteiger partial charge in [-0.2, -0.15) is 13.2 Å². The number of halogens is 6. The van der Waals surface area contributed by atoms with Crippen LogP contribution in [0.15, 0.2) is 91.0 Å². The molecular formula is C31H23F6NO5. The van der Waals surface area contributed by atoms with Crippen molar-refractivity contribution in [3.63, 3.8) is 0 Å². The Morgan fingerprint density at radius 2 is 1.37 bits per heavy atom. The molecular weight excluding hydrogens is 580 g/mol. The van der Waals surface area contributed by atoms with Gasteiger partial charge in [-0.1, -0.05) is 54.6 Å². The lowest BCUT2D eigenvalue weighted by Gasteiger charge is -2.18. The smallest absolute Gasteiger partial charge is 0.507 e. The third-order valence-electron chi connectivity index (χ3n) is 6.37. The normalized spacial score (nSPS) is 12.3. The zero-order valence-corrected chi connectivity index (χ0v) is 22.3. The van der Waals surface area contributed by atoms with Gasteiger partial charge in [0.25, 0.3) is 5.91 Å². The van der Waals surface area contributed by atoms with E-state index < -0.39 is 41.8 Å². The number of benzene rings is 4. The highest BCUT2D eigenvalue weighted by Gasteiger charge is 2.31. The van der Waals surface area contributed by atoms with Crippen molar-refractivity contribution in [1.82, 2.24) is 5.32 Å². The minimum absolute atomic E-state index is 0.0325. The molecule has 224 valence electrons. The molecule has 0 fully saturated rings. The van der Waals surface area contributed by atoms with Gasteiger partial charge in [-0.25, -0.2) is 4.79 Å². The average molecular weight is 604 g/mol. The van der Waals surface area contributed by atoms with Crippen LogP contribution in [0.2, 0.25) is 0 Å². The van der Waals surface area contributed by atoms with Gasteiger partial charge in [0.1, 0.15) is 17.5 Å². The van der Waals surface area contributed by atoms with Gasteiger partial charge in [0.05, 0.1) is 18.2 Å². The first-order chi connectivity index (χ1) is 20.2. The molecule has 0 aromatic heterocycles. The van der Waals surface area contributed by atoms with Crippen molar-refractivity contribution in [2.45, 2.75) is 25.0 Å². The van der Waals surface area contributed by atoms with Crippen LogP contribution in [-0.2, 0) is 22.1 Å². The fraction of sp³-hybridized carbons (Fsp3) is 0.161. The topological polar surface area (TPSA) is 84.9 Å². The molecule has 0 unspecified atom stereocenters. The van der Waals surface area contributed by atoms with Crippen molar-refractivity contribution in [3.05, 3.63) is 108 Å². The molecule has 0 heterocycles. The first-order valence-electron chi connectivity index (χ1n) is 12.6. The van der Waals surface area contributed by atoms with E-state index in [-0.39, 0.29) is 17.7 Å². The molecule has 1 amide bonds. The van der Waals surface area contributed by atoms with Crippen LogP contribution in [0.25, 0.3) is 22.3 Å². The van der Waals surface area contributed by atoms with Crippen molar-refractivity contribution >= 4 is 11.9 Å². The van der Waals surface area contributed by atoms with Gasteiger partial charge < -0.3 is 19.9 Å². The molecule has 0 aliphatic rings. The molecule has 43 heavy (non-hydrogen) atoms. The highest BCUT2D eigenvalue weighted by atomic mass is 19.4. The number of rotatable bonds is 8. The molecule has 1 atom stereocenters. The number of hydrogen-bond acceptors (Lipinski definition) is 5. The van der Waals surface area contributed by atoms with Crippen LogP contribution < -0.4 is 10.1 Å². The van der Waals surface area contributed by atoms with Gasteiger partial charge in [0.2, 0.25) is 0 Å². The lowest BCUT2D eigenvalue weighted by Crippen LogP contribution is -2.43. The molecule has 0 saturated carbocycles. The molecule has 0 bridgehead atoms. The Kier molecular flexibility index (Phi) is 8.98. The molecule has 0 radical (unpaired) electrons. The number of esters is 1. The Bertz CT molecular complexity index is 1600. The fourth-order valence-corrected chi connectivity index (χ4v) is 4.26. The third-order valence-corrected chi connectivity index (χ3v) is 6.37. The lowest BCUT2D eigenvalue weighted by molar-refractivity contribution is -0.274. The van der Waals surface area contributed by atoms with Gasteiger partial charge >= 0.3 is 18.5 Å². The number of hydrogen-bond donors (Lipinski definition) is 2. The van der Waals surface area contributed by atoms with E-state index in [2.05, 4.69) is 10.1 Å². The second kappa shape index (κ2) is 12.5. The summed E-state index contributed by atoms with van der Waals surface area (Å²) in [6.45, 7) is 0. The van der Waals surface area contributed by atoms with Crippen molar-refractivity contribution < 1.29 is 50.5 Å². The maximum Gasteiger partial charge on any atom is 0.573 e. The molecule has 0 saturated heterocycles. The van der Waals surface area contributed by atoms with Gasteiger partial charge in [-0.15, -0.1) is 13.2 Å². The molecule has 2 N–H and O–H groups in total. The molecule has 4 rings (SSSR count). The summed E-state index contributed by atoms with van der Waals surface area (Å²) < 4.78 is 85.2. The summed E-state index contributed by atoms with van der Waals surface area (Å²) in [5, 5.41) is 12.8. The van der Waals surface area contributed by atoms with E-state index in [9.17, 15) is 41.0 Å². The molecule has 4 aromatic rings. The van der Waals surface area contributed by atoms with E-state index in [0.29, 0.717) is 27.8 Å². The SMILES string of the molecule is COC(=O)[C@H](Cc1ccc(-c2cccc(OC(F)(F)F)c2)cc1)NC(=O)c1cc(-c2ccc(C(F)(F)F)cc2)ccc1O. The first-order valence-corrected chi connectivity index (χ1v) is 12.6. The summed E-state index contributed by atoms with van der Waals surface area (Å²) in [6.07, 6.45) is -9.39. The summed E-state index contributed by atoms with van der Waals surface area (Å²) in [5.41, 5.74) is 1.25. The third kappa shape index (κ3) is 8.06. The van der Waals surface area contributed by atoms with E-state index in [1.807, 2.05) is 0 Å². The molecule has 0 aliphatic heterocycles. The zero-order valence-electron chi connectivity index (χ0n) is 22.3. The van der Waals surface area contributed by atoms with Crippen molar-refractivity contribution in [2.75, 3.05) is 7.11 Å². The summed E-state index contributed by atoms with van der Waals surface area (Å²) in [7, 11) is 1.13. The van der Waals surface area contributed by atoms with Gasteiger partial charge in [-0.3, -0.25) is 4.79 Å². The number of carbonyl (C=O) groups is 2. The number of ether oxygens (including phenoxy) is 2. The molecule has 0 spiro atoms. The predicted molar refractivity (Wildman–Crippen MR) is 144 cm³/mol. The number of aromatic hydroxyl groups is 1. The van der Waals surface area contributed by atoms with E-state index in [4.69, 9.17) is 4.74 Å².